The van der Waals surface area contributed by atoms with E-state index in [4.69, 9.17) is 5.11 Å². The highest BCUT2D eigenvalue weighted by Gasteiger charge is 2.47. The van der Waals surface area contributed by atoms with Gasteiger partial charge in [-0.05, 0) is 6.92 Å². The maximum Gasteiger partial charge on any atom is 0.403 e. The summed E-state index contributed by atoms with van der Waals surface area (Å²) in [6.45, 7) is 1.26. The fourth-order valence-corrected chi connectivity index (χ4v) is 2.40. The predicted molar refractivity (Wildman–Crippen MR) is 52.5 cm³/mol. The smallest absolute Gasteiger partial charge is 0.403 e. The van der Waals surface area contributed by atoms with Gasteiger partial charge in [-0.25, -0.2) is 8.42 Å². The molecule has 0 amide bonds. The van der Waals surface area contributed by atoms with Crippen LogP contribution in [0.3, 0.4) is 0 Å². The van der Waals surface area contributed by atoms with Crippen molar-refractivity contribution in [2.45, 2.75) is 13.1 Å². The normalized spacial score (nSPS) is 14.0. The highest BCUT2D eigenvalue weighted by molar-refractivity contribution is 7.92. The summed E-state index contributed by atoms with van der Waals surface area (Å²) in [4.78, 5) is 21.2. The van der Waals surface area contributed by atoms with Crippen LogP contribution < -0.4 is 0 Å². The topological polar surface area (TPSA) is 97.7 Å². The van der Waals surface area contributed by atoms with Crippen molar-refractivity contribution >= 4 is 21.8 Å². The fraction of sp³-hybridized carbons (Fsp3) is 0.750. The minimum atomic E-state index is -5.20. The first-order valence-corrected chi connectivity index (χ1v) is 6.47. The van der Waals surface area contributed by atoms with E-state index in [0.717, 1.165) is 0 Å². The third-order valence-electron chi connectivity index (χ3n) is 1.76. The molecular formula is C8H11F3O6S. The van der Waals surface area contributed by atoms with E-state index in [9.17, 15) is 31.2 Å². The van der Waals surface area contributed by atoms with Crippen molar-refractivity contribution < 1.29 is 41.0 Å². The van der Waals surface area contributed by atoms with Gasteiger partial charge in [-0.2, -0.15) is 13.2 Å². The molecule has 0 fully saturated rings. The fourth-order valence-electron chi connectivity index (χ4n) is 1.00. The number of esters is 1. The molecule has 1 unspecified atom stereocenters. The first-order valence-electron chi connectivity index (χ1n) is 4.65. The van der Waals surface area contributed by atoms with Crippen LogP contribution in [0.1, 0.15) is 6.92 Å². The maximum absolute atomic E-state index is 12.2. The number of ether oxygens (including phenoxy) is 1. The maximum atomic E-state index is 12.2. The number of halogens is 3. The molecule has 0 aliphatic rings. The lowest BCUT2D eigenvalue weighted by Gasteiger charge is -2.15. The van der Waals surface area contributed by atoms with Crippen LogP contribution in [0.4, 0.5) is 13.2 Å². The molecule has 0 aromatic rings. The number of carbonyl (C=O) groups excluding carboxylic acids is 1. The zero-order valence-electron chi connectivity index (χ0n) is 9.23. The van der Waals surface area contributed by atoms with Gasteiger partial charge < -0.3 is 9.84 Å². The Hall–Kier alpha value is -1.32. The van der Waals surface area contributed by atoms with Crippen LogP contribution in [0.2, 0.25) is 0 Å². The third kappa shape index (κ3) is 5.84. The minimum Gasteiger partial charge on any atom is -0.481 e. The van der Waals surface area contributed by atoms with E-state index in [0.29, 0.717) is 0 Å². The van der Waals surface area contributed by atoms with Gasteiger partial charge in [0.15, 0.2) is 15.8 Å². The van der Waals surface area contributed by atoms with Crippen molar-refractivity contribution in [2.75, 3.05) is 18.1 Å². The Morgan fingerprint density at radius 2 is 1.83 bits per heavy atom. The summed E-state index contributed by atoms with van der Waals surface area (Å²) in [6, 6.07) is 0. The monoisotopic (exact) mass is 292 g/mol. The number of carboxylic acids is 1. The van der Waals surface area contributed by atoms with Crippen molar-refractivity contribution in [1.82, 2.24) is 0 Å². The van der Waals surface area contributed by atoms with Crippen molar-refractivity contribution in [2.24, 2.45) is 5.92 Å². The first-order chi connectivity index (χ1) is 7.99. The Morgan fingerprint density at radius 1 is 1.33 bits per heavy atom. The Labute approximate surface area is 101 Å². The Bertz CT molecular complexity index is 413. The second-order valence-corrected chi connectivity index (χ2v) is 5.40. The molecule has 0 rings (SSSR count). The summed E-state index contributed by atoms with van der Waals surface area (Å²) in [5, 5.41) is 8.31. The summed E-state index contributed by atoms with van der Waals surface area (Å²) in [5.41, 5.74) is 0. The van der Waals surface area contributed by atoms with Crippen LogP contribution in [0.15, 0.2) is 0 Å². The largest absolute Gasteiger partial charge is 0.481 e. The molecule has 1 N–H and O–H groups in total. The number of hydrogen-bond donors (Lipinski definition) is 1. The molecule has 0 bridgehead atoms. The molecule has 10 heteroatoms. The average Bonchev–Trinajstić information content (AvgIpc) is 2.11. The van der Waals surface area contributed by atoms with Gasteiger partial charge in [0.2, 0.25) is 0 Å². The number of hydrogen-bond acceptors (Lipinski definition) is 5. The van der Waals surface area contributed by atoms with Crippen LogP contribution >= 0.6 is 0 Å². The SMILES string of the molecule is CCOC(=O)CS(=O)(=O)CC(C(=O)O)C(F)(F)F. The first kappa shape index (κ1) is 16.7. The molecule has 1 atom stereocenters. The number of sulfone groups is 1. The number of carbonyl (C=O) groups is 2. The second kappa shape index (κ2) is 6.03. The Balaban J connectivity index is 4.84. The number of alkyl halides is 3. The highest BCUT2D eigenvalue weighted by atomic mass is 32.2. The molecule has 0 heterocycles. The molecule has 0 aliphatic heterocycles. The molecule has 6 nitrogen and oxygen atoms in total. The zero-order valence-corrected chi connectivity index (χ0v) is 10.0. The molecule has 18 heavy (non-hydrogen) atoms. The van der Waals surface area contributed by atoms with Gasteiger partial charge in [0.1, 0.15) is 5.75 Å². The van der Waals surface area contributed by atoms with Crippen molar-refractivity contribution in [1.29, 1.82) is 0 Å². The van der Waals surface area contributed by atoms with Gasteiger partial charge in [-0.15, -0.1) is 0 Å². The molecule has 106 valence electrons. The van der Waals surface area contributed by atoms with E-state index >= 15 is 0 Å². The van der Waals surface area contributed by atoms with Gasteiger partial charge in [-0.3, -0.25) is 9.59 Å². The van der Waals surface area contributed by atoms with Crippen molar-refractivity contribution in [3.05, 3.63) is 0 Å². The zero-order chi connectivity index (χ0) is 14.6. The lowest BCUT2D eigenvalue weighted by atomic mass is 10.2. The predicted octanol–water partition coefficient (Wildman–Crippen LogP) is 0.227. The van der Waals surface area contributed by atoms with E-state index in [2.05, 4.69) is 4.74 Å². The molecule has 0 aromatic carbocycles. The lowest BCUT2D eigenvalue weighted by molar-refractivity contribution is -0.189. The Kier molecular flexibility index (Phi) is 5.58. The molecular weight excluding hydrogens is 281 g/mol. The van der Waals surface area contributed by atoms with E-state index in [1.807, 2.05) is 0 Å². The summed E-state index contributed by atoms with van der Waals surface area (Å²) in [6.07, 6.45) is -5.20. The second-order valence-electron chi connectivity index (χ2n) is 3.29. The average molecular weight is 292 g/mol. The number of rotatable bonds is 6. The third-order valence-corrected chi connectivity index (χ3v) is 3.27. The van der Waals surface area contributed by atoms with Crippen LogP contribution in [-0.2, 0) is 24.2 Å². The van der Waals surface area contributed by atoms with Gasteiger partial charge in [0.05, 0.1) is 12.4 Å². The highest BCUT2D eigenvalue weighted by Crippen LogP contribution is 2.27. The molecule has 0 saturated carbocycles. The summed E-state index contributed by atoms with van der Waals surface area (Å²) in [7, 11) is -4.51. The van der Waals surface area contributed by atoms with Crippen LogP contribution in [0, 0.1) is 5.92 Å². The van der Waals surface area contributed by atoms with Gasteiger partial charge in [0, 0.05) is 0 Å². The van der Waals surface area contributed by atoms with Gasteiger partial charge >= 0.3 is 18.1 Å². The molecule has 0 aromatic heterocycles. The lowest BCUT2D eigenvalue weighted by Crippen LogP contribution is -2.38. The van der Waals surface area contributed by atoms with Crippen molar-refractivity contribution in [3.8, 4) is 0 Å². The van der Waals surface area contributed by atoms with Crippen LogP contribution in [-0.4, -0.2) is 49.8 Å². The Morgan fingerprint density at radius 3 is 2.17 bits per heavy atom. The van der Waals surface area contributed by atoms with E-state index < -0.39 is 45.4 Å². The number of carboxylic acid groups (broad SMARTS) is 1. The van der Waals surface area contributed by atoms with Crippen LogP contribution in [0.5, 0.6) is 0 Å². The molecule has 0 saturated heterocycles. The quantitative estimate of drug-likeness (QED) is 0.704. The van der Waals surface area contributed by atoms with Crippen molar-refractivity contribution in [3.63, 3.8) is 0 Å². The van der Waals surface area contributed by atoms with Crippen LogP contribution in [0.25, 0.3) is 0 Å². The molecule has 0 spiro atoms. The van der Waals surface area contributed by atoms with E-state index in [1.165, 1.54) is 6.92 Å². The minimum absolute atomic E-state index is 0.129. The van der Waals surface area contributed by atoms with Gasteiger partial charge in [-0.1, -0.05) is 0 Å². The molecule has 0 aliphatic carbocycles. The van der Waals surface area contributed by atoms with E-state index in [-0.39, 0.29) is 6.61 Å². The van der Waals surface area contributed by atoms with Gasteiger partial charge in [0.25, 0.3) is 0 Å². The summed E-state index contributed by atoms with van der Waals surface area (Å²) in [5.74, 6) is -9.55. The molecule has 0 radical (unpaired) electrons. The standard InChI is InChI=1S/C8H11F3O6S/c1-2-17-6(12)4-18(15,16)3-5(7(13)14)8(9,10)11/h5H,2-4H2,1H3,(H,13,14). The summed E-state index contributed by atoms with van der Waals surface area (Å²) < 4.78 is 63.4. The number of aliphatic carboxylic acids is 1. The summed E-state index contributed by atoms with van der Waals surface area (Å²) >= 11 is 0. The van der Waals surface area contributed by atoms with E-state index in [1.54, 1.807) is 0 Å².